The van der Waals surface area contributed by atoms with Gasteiger partial charge in [-0.25, -0.2) is 4.39 Å². The Bertz CT molecular complexity index is 574. The van der Waals surface area contributed by atoms with Crippen LogP contribution < -0.4 is 0 Å². The third kappa shape index (κ3) is 3.91. The number of ether oxygens (including phenoxy) is 1. The first-order chi connectivity index (χ1) is 10.7. The standard InChI is InChI=1S/C16H20FN3O2/c17-14-4-2-13(3-5-14)16-12-19(8-9-22-16)10-15(21)11-20-7-1-6-18-20/h1-7,15-16,21H,8-12H2/t15-,16+/m1/s1. The molecule has 0 bridgehead atoms. The molecule has 0 aliphatic carbocycles. The number of aromatic nitrogens is 2. The number of aliphatic hydroxyl groups is 1. The van der Waals surface area contributed by atoms with Crippen molar-refractivity contribution >= 4 is 0 Å². The highest BCUT2D eigenvalue weighted by Gasteiger charge is 2.23. The molecule has 1 N–H and O–H groups in total. The number of hydrogen-bond donors (Lipinski definition) is 1. The Balaban J connectivity index is 1.55. The Kier molecular flexibility index (Phi) is 4.82. The summed E-state index contributed by atoms with van der Waals surface area (Å²) in [4.78, 5) is 2.17. The van der Waals surface area contributed by atoms with Gasteiger partial charge in [0.25, 0.3) is 0 Å². The number of nitrogens with zero attached hydrogens (tertiary/aromatic N) is 3. The molecular formula is C16H20FN3O2. The lowest BCUT2D eigenvalue weighted by molar-refractivity contribution is -0.0437. The van der Waals surface area contributed by atoms with Crippen molar-refractivity contribution in [1.29, 1.82) is 0 Å². The molecule has 2 heterocycles. The number of rotatable bonds is 5. The molecule has 2 atom stereocenters. The molecule has 22 heavy (non-hydrogen) atoms. The number of halogens is 1. The van der Waals surface area contributed by atoms with Crippen molar-refractivity contribution in [3.63, 3.8) is 0 Å². The summed E-state index contributed by atoms with van der Waals surface area (Å²) < 4.78 is 20.5. The van der Waals surface area contributed by atoms with Crippen LogP contribution in [0.15, 0.2) is 42.7 Å². The van der Waals surface area contributed by atoms with Crippen LogP contribution in [0.25, 0.3) is 0 Å². The van der Waals surface area contributed by atoms with Crippen LogP contribution in [0.4, 0.5) is 4.39 Å². The van der Waals surface area contributed by atoms with Crippen LogP contribution in [-0.2, 0) is 11.3 Å². The van der Waals surface area contributed by atoms with Crippen molar-refractivity contribution < 1.29 is 14.2 Å². The lowest BCUT2D eigenvalue weighted by atomic mass is 10.1. The zero-order valence-electron chi connectivity index (χ0n) is 12.3. The first kappa shape index (κ1) is 15.1. The Morgan fingerprint density at radius 3 is 2.86 bits per heavy atom. The molecule has 0 amide bonds. The summed E-state index contributed by atoms with van der Waals surface area (Å²) in [7, 11) is 0. The lowest BCUT2D eigenvalue weighted by Gasteiger charge is -2.34. The van der Waals surface area contributed by atoms with E-state index in [9.17, 15) is 9.50 Å². The molecule has 5 nitrogen and oxygen atoms in total. The quantitative estimate of drug-likeness (QED) is 0.908. The van der Waals surface area contributed by atoms with Crippen LogP contribution in [0, 0.1) is 5.82 Å². The molecular weight excluding hydrogens is 285 g/mol. The highest BCUT2D eigenvalue weighted by atomic mass is 19.1. The first-order valence-corrected chi connectivity index (χ1v) is 7.45. The predicted octanol–water partition coefficient (Wildman–Crippen LogP) is 1.46. The molecule has 6 heteroatoms. The van der Waals surface area contributed by atoms with Crippen LogP contribution in [0.1, 0.15) is 11.7 Å². The van der Waals surface area contributed by atoms with E-state index in [4.69, 9.17) is 4.74 Å². The largest absolute Gasteiger partial charge is 0.390 e. The monoisotopic (exact) mass is 305 g/mol. The van der Waals surface area contributed by atoms with Gasteiger partial charge in [-0.3, -0.25) is 9.58 Å². The van der Waals surface area contributed by atoms with E-state index in [1.807, 2.05) is 12.3 Å². The zero-order chi connectivity index (χ0) is 15.4. The SMILES string of the molecule is O[C@H](CN1CCO[C@H](c2ccc(F)cc2)C1)Cn1cccn1. The van der Waals surface area contributed by atoms with Gasteiger partial charge in [0.2, 0.25) is 0 Å². The Morgan fingerprint density at radius 2 is 2.14 bits per heavy atom. The van der Waals surface area contributed by atoms with E-state index >= 15 is 0 Å². The van der Waals surface area contributed by atoms with E-state index in [2.05, 4.69) is 10.00 Å². The second kappa shape index (κ2) is 7.00. The van der Waals surface area contributed by atoms with E-state index in [1.54, 1.807) is 23.0 Å². The molecule has 3 rings (SSSR count). The molecule has 0 saturated carbocycles. The zero-order valence-corrected chi connectivity index (χ0v) is 12.3. The fourth-order valence-electron chi connectivity index (χ4n) is 2.73. The third-order valence-electron chi connectivity index (χ3n) is 3.82. The van der Waals surface area contributed by atoms with E-state index in [1.165, 1.54) is 12.1 Å². The minimum Gasteiger partial charge on any atom is -0.390 e. The number of aliphatic hydroxyl groups excluding tert-OH is 1. The molecule has 2 aromatic rings. The summed E-state index contributed by atoms with van der Waals surface area (Å²) >= 11 is 0. The maximum atomic E-state index is 13.0. The van der Waals surface area contributed by atoms with Gasteiger partial charge in [-0.05, 0) is 23.8 Å². The van der Waals surface area contributed by atoms with Gasteiger partial charge in [0.1, 0.15) is 5.82 Å². The average molecular weight is 305 g/mol. The minimum atomic E-state index is -0.480. The normalized spacial score (nSPS) is 20.9. The molecule has 118 valence electrons. The van der Waals surface area contributed by atoms with Gasteiger partial charge in [-0.2, -0.15) is 5.10 Å². The van der Waals surface area contributed by atoms with Crippen molar-refractivity contribution in [3.8, 4) is 0 Å². The Hall–Kier alpha value is -1.76. The molecule has 1 aliphatic heterocycles. The number of morpholine rings is 1. The van der Waals surface area contributed by atoms with Crippen molar-refractivity contribution in [2.45, 2.75) is 18.8 Å². The third-order valence-corrected chi connectivity index (χ3v) is 3.82. The molecule has 0 radical (unpaired) electrons. The predicted molar refractivity (Wildman–Crippen MR) is 79.8 cm³/mol. The minimum absolute atomic E-state index is 0.0775. The van der Waals surface area contributed by atoms with Gasteiger partial charge < -0.3 is 9.84 Å². The summed E-state index contributed by atoms with van der Waals surface area (Å²) in [5, 5.41) is 14.3. The van der Waals surface area contributed by atoms with Gasteiger partial charge in [-0.15, -0.1) is 0 Å². The molecule has 1 aromatic carbocycles. The highest BCUT2D eigenvalue weighted by molar-refractivity contribution is 5.19. The molecule has 0 spiro atoms. The smallest absolute Gasteiger partial charge is 0.123 e. The molecule has 1 saturated heterocycles. The van der Waals surface area contributed by atoms with Crippen molar-refractivity contribution in [2.75, 3.05) is 26.2 Å². The van der Waals surface area contributed by atoms with Gasteiger partial charge in [0.05, 0.1) is 25.4 Å². The summed E-state index contributed by atoms with van der Waals surface area (Å²) in [6.07, 6.45) is 2.98. The summed E-state index contributed by atoms with van der Waals surface area (Å²) in [6, 6.07) is 8.24. The van der Waals surface area contributed by atoms with Gasteiger partial charge in [-0.1, -0.05) is 12.1 Å². The summed E-state index contributed by atoms with van der Waals surface area (Å²) in [5.74, 6) is -0.244. The average Bonchev–Trinajstić information content (AvgIpc) is 3.01. The summed E-state index contributed by atoms with van der Waals surface area (Å²) in [5.41, 5.74) is 0.965. The maximum absolute atomic E-state index is 13.0. The molecule has 1 fully saturated rings. The maximum Gasteiger partial charge on any atom is 0.123 e. The van der Waals surface area contributed by atoms with E-state index in [0.29, 0.717) is 26.2 Å². The van der Waals surface area contributed by atoms with Crippen molar-refractivity contribution in [2.24, 2.45) is 0 Å². The van der Waals surface area contributed by atoms with Gasteiger partial charge >= 0.3 is 0 Å². The number of benzene rings is 1. The Labute approximate surface area is 128 Å². The van der Waals surface area contributed by atoms with E-state index in [-0.39, 0.29) is 11.9 Å². The van der Waals surface area contributed by atoms with Crippen LogP contribution in [0.3, 0.4) is 0 Å². The summed E-state index contributed by atoms with van der Waals surface area (Å²) in [6.45, 7) is 3.14. The number of hydrogen-bond acceptors (Lipinski definition) is 4. The Morgan fingerprint density at radius 1 is 1.32 bits per heavy atom. The fourth-order valence-corrected chi connectivity index (χ4v) is 2.73. The molecule has 1 aliphatic rings. The van der Waals surface area contributed by atoms with Crippen LogP contribution in [-0.4, -0.2) is 52.1 Å². The van der Waals surface area contributed by atoms with E-state index < -0.39 is 6.10 Å². The molecule has 1 aromatic heterocycles. The van der Waals surface area contributed by atoms with Crippen LogP contribution in [0.2, 0.25) is 0 Å². The highest BCUT2D eigenvalue weighted by Crippen LogP contribution is 2.22. The van der Waals surface area contributed by atoms with Crippen LogP contribution in [0.5, 0.6) is 0 Å². The van der Waals surface area contributed by atoms with Gasteiger partial charge in [0, 0.05) is 32.0 Å². The lowest BCUT2D eigenvalue weighted by Crippen LogP contribution is -2.43. The second-order valence-corrected chi connectivity index (χ2v) is 5.55. The fraction of sp³-hybridized carbons (Fsp3) is 0.438. The van der Waals surface area contributed by atoms with Gasteiger partial charge in [0.15, 0.2) is 0 Å². The number of β-amino-alcohol motifs (C(OH)–C–C–N with tert-alkyl or cyclic N) is 1. The topological polar surface area (TPSA) is 50.5 Å². The van der Waals surface area contributed by atoms with E-state index in [0.717, 1.165) is 12.1 Å². The van der Waals surface area contributed by atoms with Crippen LogP contribution >= 0.6 is 0 Å². The van der Waals surface area contributed by atoms with Crippen molar-refractivity contribution in [1.82, 2.24) is 14.7 Å². The first-order valence-electron chi connectivity index (χ1n) is 7.45. The second-order valence-electron chi connectivity index (χ2n) is 5.55. The molecule has 0 unspecified atom stereocenters. The van der Waals surface area contributed by atoms with Crippen molar-refractivity contribution in [3.05, 3.63) is 54.1 Å².